The zero-order chi connectivity index (χ0) is 16.1. The van der Waals surface area contributed by atoms with Crippen molar-refractivity contribution >= 4 is 22.0 Å². The number of rotatable bonds is 5. The molecular weight excluding hydrogens is 334 g/mol. The molecule has 1 unspecified atom stereocenters. The first-order chi connectivity index (χ1) is 9.67. The average Bonchev–Trinajstić information content (AvgIpc) is 2.36. The zero-order valence-corrected chi connectivity index (χ0v) is 15.7. The highest BCUT2D eigenvalue weighted by molar-refractivity contribution is 9.09. The molecule has 1 aliphatic heterocycles. The largest absolute Gasteiger partial charge is 0.444 e. The number of hydrogen-bond donors (Lipinski definition) is 0. The van der Waals surface area contributed by atoms with E-state index in [-0.39, 0.29) is 11.7 Å². The second-order valence-electron chi connectivity index (χ2n) is 7.35. The van der Waals surface area contributed by atoms with Gasteiger partial charge in [0, 0.05) is 18.5 Å². The Hall–Kier alpha value is -0.290. The molecule has 1 aliphatic rings. The van der Waals surface area contributed by atoms with Gasteiger partial charge in [-0.2, -0.15) is 0 Å². The highest BCUT2D eigenvalue weighted by Gasteiger charge is 2.38. The molecule has 5 heteroatoms. The number of alkyl halides is 1. The summed E-state index contributed by atoms with van der Waals surface area (Å²) in [5.41, 5.74) is -0.728. The summed E-state index contributed by atoms with van der Waals surface area (Å²) in [6.45, 7) is 12.2. The number of carbonyl (C=O) groups is 1. The lowest BCUT2D eigenvalue weighted by Gasteiger charge is -2.42. The van der Waals surface area contributed by atoms with Crippen LogP contribution in [-0.4, -0.2) is 47.2 Å². The summed E-state index contributed by atoms with van der Waals surface area (Å²) >= 11 is 3.57. The van der Waals surface area contributed by atoms with Crippen molar-refractivity contribution in [2.75, 3.05) is 25.0 Å². The summed E-state index contributed by atoms with van der Waals surface area (Å²) in [5.74, 6) is 0.628. The molecule has 0 radical (unpaired) electrons. The van der Waals surface area contributed by atoms with Crippen LogP contribution in [0.15, 0.2) is 0 Å². The molecule has 124 valence electrons. The van der Waals surface area contributed by atoms with Gasteiger partial charge in [-0.1, -0.05) is 29.8 Å². The number of amides is 1. The molecule has 0 spiro atoms. The standard InChI is InChI=1S/C16H30BrNO3/c1-13(2)7-10-20-16(11-17)8-6-9-18(12-16)14(19)21-15(3,4)5/h13H,6-12H2,1-5H3. The van der Waals surface area contributed by atoms with Gasteiger partial charge in [0.2, 0.25) is 0 Å². The smallest absolute Gasteiger partial charge is 0.410 e. The fraction of sp³-hybridized carbons (Fsp3) is 0.938. The van der Waals surface area contributed by atoms with Crippen molar-refractivity contribution in [2.24, 2.45) is 5.92 Å². The van der Waals surface area contributed by atoms with Crippen LogP contribution < -0.4 is 0 Å². The fourth-order valence-electron chi connectivity index (χ4n) is 2.36. The monoisotopic (exact) mass is 363 g/mol. The third-order valence-electron chi connectivity index (χ3n) is 3.54. The lowest BCUT2D eigenvalue weighted by molar-refractivity contribution is -0.0784. The van der Waals surface area contributed by atoms with Crippen LogP contribution in [0.25, 0.3) is 0 Å². The first kappa shape index (κ1) is 18.8. The van der Waals surface area contributed by atoms with Crippen LogP contribution in [-0.2, 0) is 9.47 Å². The van der Waals surface area contributed by atoms with Gasteiger partial charge in [0.05, 0.1) is 12.1 Å². The van der Waals surface area contributed by atoms with E-state index in [1.54, 1.807) is 4.90 Å². The maximum atomic E-state index is 12.2. The number of hydrogen-bond acceptors (Lipinski definition) is 3. The highest BCUT2D eigenvalue weighted by atomic mass is 79.9. The van der Waals surface area contributed by atoms with Gasteiger partial charge in [-0.15, -0.1) is 0 Å². The predicted octanol–water partition coefficient (Wildman–Crippen LogP) is 4.21. The van der Waals surface area contributed by atoms with Crippen molar-refractivity contribution in [3.63, 3.8) is 0 Å². The van der Waals surface area contributed by atoms with E-state index in [0.29, 0.717) is 12.5 Å². The van der Waals surface area contributed by atoms with Crippen LogP contribution in [0, 0.1) is 5.92 Å². The molecule has 0 N–H and O–H groups in total. The van der Waals surface area contributed by atoms with Gasteiger partial charge in [-0.25, -0.2) is 4.79 Å². The van der Waals surface area contributed by atoms with E-state index in [0.717, 1.165) is 37.7 Å². The summed E-state index contributed by atoms with van der Waals surface area (Å²) in [6.07, 6.45) is 2.74. The van der Waals surface area contributed by atoms with E-state index in [9.17, 15) is 4.79 Å². The van der Waals surface area contributed by atoms with Gasteiger partial charge in [0.25, 0.3) is 0 Å². The van der Waals surface area contributed by atoms with Gasteiger partial charge < -0.3 is 14.4 Å². The van der Waals surface area contributed by atoms with E-state index < -0.39 is 5.60 Å². The molecule has 0 saturated carbocycles. The first-order valence-corrected chi connectivity index (χ1v) is 8.97. The van der Waals surface area contributed by atoms with Gasteiger partial charge in [-0.3, -0.25) is 0 Å². The Morgan fingerprint density at radius 2 is 2.05 bits per heavy atom. The van der Waals surface area contributed by atoms with Crippen LogP contribution in [0.5, 0.6) is 0 Å². The first-order valence-electron chi connectivity index (χ1n) is 7.85. The molecule has 4 nitrogen and oxygen atoms in total. The van der Waals surface area contributed by atoms with Crippen molar-refractivity contribution in [3.05, 3.63) is 0 Å². The molecule has 1 rings (SSSR count). The number of carbonyl (C=O) groups excluding carboxylic acids is 1. The van der Waals surface area contributed by atoms with E-state index in [1.807, 2.05) is 20.8 Å². The minimum atomic E-state index is -0.454. The molecule has 1 amide bonds. The highest BCUT2D eigenvalue weighted by Crippen LogP contribution is 2.29. The minimum Gasteiger partial charge on any atom is -0.444 e. The van der Waals surface area contributed by atoms with E-state index in [4.69, 9.17) is 9.47 Å². The molecule has 21 heavy (non-hydrogen) atoms. The number of piperidine rings is 1. The molecular formula is C16H30BrNO3. The fourth-order valence-corrected chi connectivity index (χ4v) is 2.98. The van der Waals surface area contributed by atoms with Crippen LogP contribution in [0.2, 0.25) is 0 Å². The topological polar surface area (TPSA) is 38.8 Å². The molecule has 1 heterocycles. The summed E-state index contributed by atoms with van der Waals surface area (Å²) in [5, 5.41) is 0.747. The van der Waals surface area contributed by atoms with Gasteiger partial charge in [0.1, 0.15) is 5.60 Å². The Balaban J connectivity index is 2.60. The number of nitrogens with zero attached hydrogens (tertiary/aromatic N) is 1. The SMILES string of the molecule is CC(C)CCOC1(CBr)CCCN(C(=O)OC(C)(C)C)C1. The Kier molecular flexibility index (Phi) is 6.98. The lowest BCUT2D eigenvalue weighted by atomic mass is 9.94. The molecule has 0 bridgehead atoms. The van der Waals surface area contributed by atoms with Crippen LogP contribution >= 0.6 is 15.9 Å². The molecule has 1 saturated heterocycles. The predicted molar refractivity (Wildman–Crippen MR) is 89.0 cm³/mol. The third kappa shape index (κ3) is 6.55. The van der Waals surface area contributed by atoms with Gasteiger partial charge in [-0.05, 0) is 46.0 Å². The third-order valence-corrected chi connectivity index (χ3v) is 4.56. The van der Waals surface area contributed by atoms with E-state index in [1.165, 1.54) is 0 Å². The Morgan fingerprint density at radius 1 is 1.38 bits per heavy atom. The maximum absolute atomic E-state index is 12.2. The Labute approximate surface area is 137 Å². The molecule has 0 aromatic rings. The quantitative estimate of drug-likeness (QED) is 0.686. The summed E-state index contributed by atoms with van der Waals surface area (Å²) in [7, 11) is 0. The van der Waals surface area contributed by atoms with E-state index in [2.05, 4.69) is 29.8 Å². The molecule has 1 atom stereocenters. The average molecular weight is 364 g/mol. The van der Waals surface area contributed by atoms with Crippen molar-refractivity contribution < 1.29 is 14.3 Å². The summed E-state index contributed by atoms with van der Waals surface area (Å²) in [6, 6.07) is 0. The minimum absolute atomic E-state index is 0.236. The molecule has 0 aliphatic carbocycles. The molecule has 0 aromatic carbocycles. The van der Waals surface area contributed by atoms with Crippen LogP contribution in [0.4, 0.5) is 4.79 Å². The Morgan fingerprint density at radius 3 is 2.57 bits per heavy atom. The number of likely N-dealkylation sites (tertiary alicyclic amines) is 1. The van der Waals surface area contributed by atoms with Crippen molar-refractivity contribution in [3.8, 4) is 0 Å². The maximum Gasteiger partial charge on any atom is 0.410 e. The van der Waals surface area contributed by atoms with Crippen molar-refractivity contribution in [1.82, 2.24) is 4.90 Å². The van der Waals surface area contributed by atoms with Crippen molar-refractivity contribution in [2.45, 2.75) is 65.1 Å². The summed E-state index contributed by atoms with van der Waals surface area (Å²) in [4.78, 5) is 14.0. The second kappa shape index (κ2) is 7.82. The van der Waals surface area contributed by atoms with Crippen LogP contribution in [0.1, 0.15) is 53.9 Å². The number of halogens is 1. The summed E-state index contributed by atoms with van der Waals surface area (Å²) < 4.78 is 11.6. The lowest BCUT2D eigenvalue weighted by Crippen LogP contribution is -2.54. The Bertz CT molecular complexity index is 341. The van der Waals surface area contributed by atoms with Gasteiger partial charge in [0.15, 0.2) is 0 Å². The normalized spacial score (nSPS) is 23.5. The van der Waals surface area contributed by atoms with Gasteiger partial charge >= 0.3 is 6.09 Å². The van der Waals surface area contributed by atoms with Crippen LogP contribution in [0.3, 0.4) is 0 Å². The van der Waals surface area contributed by atoms with Crippen molar-refractivity contribution in [1.29, 1.82) is 0 Å². The number of ether oxygens (including phenoxy) is 2. The second-order valence-corrected chi connectivity index (χ2v) is 7.91. The molecule has 1 fully saturated rings. The zero-order valence-electron chi connectivity index (χ0n) is 14.1. The van der Waals surface area contributed by atoms with E-state index >= 15 is 0 Å². The molecule has 0 aromatic heterocycles.